The van der Waals surface area contributed by atoms with Gasteiger partial charge in [-0.05, 0) is 12.1 Å². The summed E-state index contributed by atoms with van der Waals surface area (Å²) in [4.78, 5) is 10.9. The first-order chi connectivity index (χ1) is 7.81. The van der Waals surface area contributed by atoms with E-state index in [0.29, 0.717) is 0 Å². The fourth-order valence-corrected chi connectivity index (χ4v) is 1.86. The molecule has 1 rings (SSSR count). The summed E-state index contributed by atoms with van der Waals surface area (Å²) < 4.78 is 21.4. The lowest BCUT2D eigenvalue weighted by Crippen LogP contribution is -2.23. The van der Waals surface area contributed by atoms with Crippen LogP contribution in [0.2, 0.25) is 5.02 Å². The Morgan fingerprint density at radius 2 is 2.12 bits per heavy atom. The van der Waals surface area contributed by atoms with E-state index >= 15 is 0 Å². The number of nitrogens with two attached hydrogens (primary N) is 1. The SMILES string of the molecule is NS(=O)(=O)CCNc1cccc(Cl)c1C(=O)O. The number of carbonyl (C=O) groups is 1. The molecule has 0 fully saturated rings. The first-order valence-corrected chi connectivity index (χ1v) is 6.67. The molecule has 4 N–H and O–H groups in total. The Balaban J connectivity index is 2.85. The van der Waals surface area contributed by atoms with Crippen LogP contribution in [-0.2, 0) is 10.0 Å². The Bertz CT molecular complexity index is 530. The Morgan fingerprint density at radius 3 is 2.65 bits per heavy atom. The third-order valence-corrected chi connectivity index (χ3v) is 3.02. The Kier molecular flexibility index (Phi) is 4.33. The first kappa shape index (κ1) is 13.8. The molecule has 0 spiro atoms. The highest BCUT2D eigenvalue weighted by molar-refractivity contribution is 7.89. The summed E-state index contributed by atoms with van der Waals surface area (Å²) in [6, 6.07) is 4.50. The van der Waals surface area contributed by atoms with Crippen molar-refractivity contribution in [3.05, 3.63) is 28.8 Å². The van der Waals surface area contributed by atoms with Gasteiger partial charge in [-0.2, -0.15) is 0 Å². The molecule has 0 atom stereocenters. The quantitative estimate of drug-likeness (QED) is 0.736. The molecule has 0 aliphatic heterocycles. The van der Waals surface area contributed by atoms with Crippen LogP contribution >= 0.6 is 11.6 Å². The molecular formula is C9H11ClN2O4S. The number of benzene rings is 1. The number of aromatic carboxylic acids is 1. The van der Waals surface area contributed by atoms with Crippen LogP contribution in [0.25, 0.3) is 0 Å². The number of primary sulfonamides is 1. The third-order valence-electron chi connectivity index (χ3n) is 1.93. The van der Waals surface area contributed by atoms with Crippen molar-refractivity contribution in [3.63, 3.8) is 0 Å². The molecule has 0 aromatic heterocycles. The van der Waals surface area contributed by atoms with Gasteiger partial charge in [0.25, 0.3) is 0 Å². The normalized spacial score (nSPS) is 11.2. The third kappa shape index (κ3) is 4.22. The molecule has 1 aromatic carbocycles. The summed E-state index contributed by atoms with van der Waals surface area (Å²) >= 11 is 5.73. The smallest absolute Gasteiger partial charge is 0.339 e. The molecule has 1 aromatic rings. The van der Waals surface area contributed by atoms with Crippen LogP contribution in [0.15, 0.2) is 18.2 Å². The van der Waals surface area contributed by atoms with E-state index in [1.807, 2.05) is 0 Å². The predicted molar refractivity (Wildman–Crippen MR) is 64.9 cm³/mol. The van der Waals surface area contributed by atoms with Gasteiger partial charge in [0.15, 0.2) is 0 Å². The molecular weight excluding hydrogens is 268 g/mol. The number of carboxylic acid groups (broad SMARTS) is 1. The van der Waals surface area contributed by atoms with Crippen LogP contribution in [-0.4, -0.2) is 31.8 Å². The second kappa shape index (κ2) is 5.35. The standard InChI is InChI=1S/C9H11ClN2O4S/c10-6-2-1-3-7(8(6)9(13)14)12-4-5-17(11,15)16/h1-3,12H,4-5H2,(H,13,14)(H2,11,15,16). The first-order valence-electron chi connectivity index (χ1n) is 4.57. The van der Waals surface area contributed by atoms with E-state index < -0.39 is 16.0 Å². The van der Waals surface area contributed by atoms with Crippen LogP contribution < -0.4 is 10.5 Å². The molecule has 8 heteroatoms. The molecule has 0 saturated heterocycles. The minimum atomic E-state index is -3.58. The lowest BCUT2D eigenvalue weighted by molar-refractivity contribution is 0.0698. The minimum absolute atomic E-state index is 0.0133. The van der Waals surface area contributed by atoms with Gasteiger partial charge in [0.1, 0.15) is 5.56 Å². The average Bonchev–Trinajstić information content (AvgIpc) is 2.14. The number of rotatable bonds is 5. The maximum atomic E-state index is 10.9. The molecule has 94 valence electrons. The van der Waals surface area contributed by atoms with Crippen LogP contribution in [0.5, 0.6) is 0 Å². The van der Waals surface area contributed by atoms with Crippen LogP contribution in [0.4, 0.5) is 5.69 Å². The van der Waals surface area contributed by atoms with Gasteiger partial charge in [0.05, 0.1) is 16.5 Å². The summed E-state index contributed by atoms with van der Waals surface area (Å²) in [7, 11) is -3.58. The number of nitrogens with one attached hydrogen (secondary N) is 1. The summed E-state index contributed by atoms with van der Waals surface area (Å²) in [5.41, 5.74) is 0.164. The molecule has 0 aliphatic carbocycles. The number of carboxylic acids is 1. The van der Waals surface area contributed by atoms with Crippen LogP contribution in [0, 0.1) is 0 Å². The van der Waals surface area contributed by atoms with Crippen molar-refractivity contribution in [2.45, 2.75) is 0 Å². The van der Waals surface area contributed by atoms with E-state index in [1.165, 1.54) is 12.1 Å². The van der Waals surface area contributed by atoms with Crippen molar-refractivity contribution < 1.29 is 18.3 Å². The van der Waals surface area contributed by atoms with E-state index in [4.69, 9.17) is 21.8 Å². The molecule has 0 amide bonds. The van der Waals surface area contributed by atoms with Gasteiger partial charge in [-0.3, -0.25) is 0 Å². The number of hydrogen-bond donors (Lipinski definition) is 3. The van der Waals surface area contributed by atoms with E-state index in [9.17, 15) is 13.2 Å². The fourth-order valence-electron chi connectivity index (χ4n) is 1.22. The Hall–Kier alpha value is -1.31. The molecule has 0 radical (unpaired) electrons. The van der Waals surface area contributed by atoms with Crippen molar-refractivity contribution in [2.24, 2.45) is 5.14 Å². The highest BCUT2D eigenvalue weighted by Crippen LogP contribution is 2.24. The largest absolute Gasteiger partial charge is 0.478 e. The van der Waals surface area contributed by atoms with E-state index in [2.05, 4.69) is 5.32 Å². The zero-order valence-electron chi connectivity index (χ0n) is 8.68. The van der Waals surface area contributed by atoms with E-state index in [1.54, 1.807) is 6.07 Å². The molecule has 17 heavy (non-hydrogen) atoms. The maximum absolute atomic E-state index is 10.9. The van der Waals surface area contributed by atoms with E-state index in [0.717, 1.165) is 0 Å². The lowest BCUT2D eigenvalue weighted by Gasteiger charge is -2.09. The molecule has 0 aliphatic rings. The van der Waals surface area contributed by atoms with Gasteiger partial charge in [-0.15, -0.1) is 0 Å². The predicted octanol–water partition coefficient (Wildman–Crippen LogP) is 0.739. The van der Waals surface area contributed by atoms with Gasteiger partial charge >= 0.3 is 5.97 Å². The zero-order chi connectivity index (χ0) is 13.1. The fraction of sp³-hybridized carbons (Fsp3) is 0.222. The summed E-state index contributed by atoms with van der Waals surface area (Å²) in [5, 5.41) is 16.5. The number of sulfonamides is 1. The molecule has 0 bridgehead atoms. The lowest BCUT2D eigenvalue weighted by atomic mass is 10.2. The van der Waals surface area contributed by atoms with Crippen molar-refractivity contribution >= 4 is 33.3 Å². The van der Waals surface area contributed by atoms with Crippen molar-refractivity contribution in [1.82, 2.24) is 0 Å². The minimum Gasteiger partial charge on any atom is -0.478 e. The second-order valence-corrected chi connectivity index (χ2v) is 5.40. The van der Waals surface area contributed by atoms with Crippen LogP contribution in [0.3, 0.4) is 0 Å². The molecule has 0 heterocycles. The summed E-state index contributed by atoms with van der Waals surface area (Å²) in [5.74, 6) is -1.48. The Labute approximate surface area is 103 Å². The van der Waals surface area contributed by atoms with Gasteiger partial charge < -0.3 is 10.4 Å². The number of halogens is 1. The molecule has 0 unspecified atom stereocenters. The molecule has 6 nitrogen and oxygen atoms in total. The highest BCUT2D eigenvalue weighted by Gasteiger charge is 2.14. The van der Waals surface area contributed by atoms with Gasteiger partial charge in [0, 0.05) is 6.54 Å². The van der Waals surface area contributed by atoms with Crippen LogP contribution in [0.1, 0.15) is 10.4 Å². The van der Waals surface area contributed by atoms with Gasteiger partial charge in [-0.1, -0.05) is 17.7 Å². The van der Waals surface area contributed by atoms with E-state index in [-0.39, 0.29) is 28.6 Å². The van der Waals surface area contributed by atoms with Crippen molar-refractivity contribution in [3.8, 4) is 0 Å². The monoisotopic (exact) mass is 278 g/mol. The maximum Gasteiger partial charge on any atom is 0.339 e. The van der Waals surface area contributed by atoms with Crippen molar-refractivity contribution in [1.29, 1.82) is 0 Å². The second-order valence-electron chi connectivity index (χ2n) is 3.26. The van der Waals surface area contributed by atoms with Gasteiger partial charge in [-0.25, -0.2) is 18.4 Å². The van der Waals surface area contributed by atoms with Gasteiger partial charge in [0.2, 0.25) is 10.0 Å². The summed E-state index contributed by atoms with van der Waals surface area (Å²) in [6.07, 6.45) is 0. The zero-order valence-corrected chi connectivity index (χ0v) is 10.3. The molecule has 0 saturated carbocycles. The highest BCUT2D eigenvalue weighted by atomic mass is 35.5. The summed E-state index contributed by atoms with van der Waals surface area (Å²) in [6.45, 7) is 0.0133. The average molecular weight is 279 g/mol. The number of hydrogen-bond acceptors (Lipinski definition) is 4. The topological polar surface area (TPSA) is 109 Å². The Morgan fingerprint density at radius 1 is 1.47 bits per heavy atom. The van der Waals surface area contributed by atoms with Crippen molar-refractivity contribution in [2.75, 3.05) is 17.6 Å². The number of anilines is 1.